The molecule has 1 aromatic heterocycles. The molecule has 1 saturated heterocycles. The predicted molar refractivity (Wildman–Crippen MR) is 108 cm³/mol. The molecule has 0 spiro atoms. The van der Waals surface area contributed by atoms with E-state index in [1.54, 1.807) is 0 Å². The van der Waals surface area contributed by atoms with Crippen LogP contribution in [0.1, 0.15) is 37.0 Å². The maximum Gasteiger partial charge on any atom is 0.233 e. The lowest BCUT2D eigenvalue weighted by Gasteiger charge is -2.19. The second kappa shape index (κ2) is 7.83. The first-order chi connectivity index (χ1) is 13.5. The van der Waals surface area contributed by atoms with Gasteiger partial charge in [-0.05, 0) is 19.8 Å². The van der Waals surface area contributed by atoms with Crippen molar-refractivity contribution < 1.29 is 14.4 Å². The monoisotopic (exact) mass is 397 g/mol. The third-order valence-electron chi connectivity index (χ3n) is 5.59. The molecule has 0 unspecified atom stereocenters. The number of hydrogen-bond acceptors (Lipinski definition) is 5. The quantitative estimate of drug-likeness (QED) is 0.782. The number of benzene rings is 1. The number of likely N-dealkylation sites (tertiary alicyclic amines) is 1. The van der Waals surface area contributed by atoms with Crippen molar-refractivity contribution in [3.8, 4) is 11.3 Å². The van der Waals surface area contributed by atoms with E-state index >= 15 is 0 Å². The zero-order valence-corrected chi connectivity index (χ0v) is 16.6. The number of hydrogen-bond donors (Lipinski definition) is 1. The van der Waals surface area contributed by atoms with Crippen molar-refractivity contribution in [3.63, 3.8) is 0 Å². The van der Waals surface area contributed by atoms with Gasteiger partial charge in [-0.15, -0.1) is 11.3 Å². The normalized spacial score (nSPS) is 21.7. The summed E-state index contributed by atoms with van der Waals surface area (Å²) < 4.78 is 0. The molecular formula is C21H23N3O3S. The second-order valence-electron chi connectivity index (χ2n) is 7.41. The third-order valence-corrected chi connectivity index (χ3v) is 6.47. The lowest BCUT2D eigenvalue weighted by Crippen LogP contribution is -2.34. The van der Waals surface area contributed by atoms with Gasteiger partial charge in [0.1, 0.15) is 0 Å². The zero-order chi connectivity index (χ0) is 19.7. The summed E-state index contributed by atoms with van der Waals surface area (Å²) in [7, 11) is 0. The fourth-order valence-electron chi connectivity index (χ4n) is 4.16. The minimum Gasteiger partial charge on any atom is -0.302 e. The summed E-state index contributed by atoms with van der Waals surface area (Å²) in [5.41, 5.74) is 1.86. The van der Waals surface area contributed by atoms with Gasteiger partial charge in [-0.1, -0.05) is 43.2 Å². The molecule has 2 fully saturated rings. The Morgan fingerprint density at radius 2 is 1.79 bits per heavy atom. The molecule has 2 aliphatic rings. The number of anilines is 1. The van der Waals surface area contributed by atoms with Crippen molar-refractivity contribution in [2.45, 2.75) is 39.0 Å². The second-order valence-corrected chi connectivity index (χ2v) is 8.62. The standard InChI is InChI=1S/C21H23N3O3S/c1-13-18(14-7-3-2-4-8-14)23-21(28-13)22-17(25)11-12-24-19(26)15-9-5-6-10-16(15)20(24)27/h2-4,7-8,15-16H,5-6,9-12H2,1H3,(H,22,23,25)/t15-,16-/m0/s1. The maximum absolute atomic E-state index is 12.5. The van der Waals surface area contributed by atoms with E-state index in [-0.39, 0.29) is 42.5 Å². The number of carbonyl (C=O) groups excluding carboxylic acids is 3. The third kappa shape index (κ3) is 3.58. The van der Waals surface area contributed by atoms with Crippen LogP contribution in [0.4, 0.5) is 5.13 Å². The average molecular weight is 398 g/mol. The van der Waals surface area contributed by atoms with E-state index in [0.29, 0.717) is 5.13 Å². The Morgan fingerprint density at radius 1 is 1.14 bits per heavy atom. The van der Waals surface area contributed by atoms with Crippen LogP contribution in [0.3, 0.4) is 0 Å². The number of rotatable bonds is 5. The Balaban J connectivity index is 1.36. The smallest absolute Gasteiger partial charge is 0.233 e. The van der Waals surface area contributed by atoms with Crippen LogP contribution in [0.5, 0.6) is 0 Å². The molecule has 0 bridgehead atoms. The van der Waals surface area contributed by atoms with Crippen LogP contribution in [0.15, 0.2) is 30.3 Å². The molecule has 1 saturated carbocycles. The zero-order valence-electron chi connectivity index (χ0n) is 15.8. The molecule has 7 heteroatoms. The van der Waals surface area contributed by atoms with Crippen LogP contribution in [0.25, 0.3) is 11.3 Å². The number of nitrogens with one attached hydrogen (secondary N) is 1. The number of thiazole rings is 1. The Hall–Kier alpha value is -2.54. The van der Waals surface area contributed by atoms with Crippen molar-refractivity contribution in [3.05, 3.63) is 35.2 Å². The van der Waals surface area contributed by atoms with Crippen molar-refractivity contribution in [1.29, 1.82) is 0 Å². The summed E-state index contributed by atoms with van der Waals surface area (Å²) in [5.74, 6) is -0.763. The van der Waals surface area contributed by atoms with E-state index in [0.717, 1.165) is 41.8 Å². The molecular weight excluding hydrogens is 374 g/mol. The lowest BCUT2D eigenvalue weighted by molar-refractivity contribution is -0.140. The molecule has 2 atom stereocenters. The van der Waals surface area contributed by atoms with Gasteiger partial charge in [0.2, 0.25) is 17.7 Å². The van der Waals surface area contributed by atoms with Gasteiger partial charge in [-0.25, -0.2) is 4.98 Å². The molecule has 1 aliphatic carbocycles. The summed E-state index contributed by atoms with van der Waals surface area (Å²) >= 11 is 1.42. The van der Waals surface area contributed by atoms with Gasteiger partial charge in [-0.3, -0.25) is 19.3 Å². The van der Waals surface area contributed by atoms with Gasteiger partial charge in [0.25, 0.3) is 0 Å². The molecule has 2 heterocycles. The first-order valence-corrected chi connectivity index (χ1v) is 10.5. The topological polar surface area (TPSA) is 79.4 Å². The van der Waals surface area contributed by atoms with Crippen molar-refractivity contribution in [2.75, 3.05) is 11.9 Å². The Kier molecular flexibility index (Phi) is 5.26. The molecule has 146 valence electrons. The first kappa shape index (κ1) is 18.8. The number of amides is 3. The van der Waals surface area contributed by atoms with Crippen molar-refractivity contribution in [1.82, 2.24) is 9.88 Å². The Labute approximate surface area is 168 Å². The SMILES string of the molecule is Cc1sc(NC(=O)CCN2C(=O)[C@H]3CCCC[C@@H]3C2=O)nc1-c1ccccc1. The van der Waals surface area contributed by atoms with Gasteiger partial charge in [0.05, 0.1) is 17.5 Å². The number of aryl methyl sites for hydroxylation is 1. The highest BCUT2D eigenvalue weighted by molar-refractivity contribution is 7.16. The van der Waals surface area contributed by atoms with Gasteiger partial charge < -0.3 is 5.32 Å². The van der Waals surface area contributed by atoms with E-state index in [1.165, 1.54) is 16.2 Å². The minimum atomic E-state index is -0.233. The number of carbonyl (C=O) groups is 3. The Morgan fingerprint density at radius 3 is 2.43 bits per heavy atom. The summed E-state index contributed by atoms with van der Waals surface area (Å²) in [6.07, 6.45) is 3.68. The summed E-state index contributed by atoms with van der Waals surface area (Å²) in [6.45, 7) is 2.12. The van der Waals surface area contributed by atoms with E-state index in [9.17, 15) is 14.4 Å². The van der Waals surface area contributed by atoms with Gasteiger partial charge in [0, 0.05) is 23.4 Å². The molecule has 0 radical (unpaired) electrons. The highest BCUT2D eigenvalue weighted by Gasteiger charge is 2.47. The molecule has 1 N–H and O–H groups in total. The average Bonchev–Trinajstić information content (AvgIpc) is 3.19. The molecule has 1 aliphatic heterocycles. The van der Waals surface area contributed by atoms with E-state index in [1.807, 2.05) is 37.3 Å². The van der Waals surface area contributed by atoms with Gasteiger partial charge >= 0.3 is 0 Å². The van der Waals surface area contributed by atoms with Crippen LogP contribution in [-0.4, -0.2) is 34.2 Å². The van der Waals surface area contributed by atoms with Crippen LogP contribution in [0, 0.1) is 18.8 Å². The minimum absolute atomic E-state index is 0.0935. The summed E-state index contributed by atoms with van der Waals surface area (Å²) in [6, 6.07) is 9.82. The predicted octanol–water partition coefficient (Wildman–Crippen LogP) is 3.62. The summed E-state index contributed by atoms with van der Waals surface area (Å²) in [4.78, 5) is 44.2. The number of nitrogens with zero attached hydrogens (tertiary/aromatic N) is 2. The molecule has 3 amide bonds. The first-order valence-electron chi connectivity index (χ1n) is 9.72. The number of fused-ring (bicyclic) bond motifs is 1. The van der Waals surface area contributed by atoms with E-state index in [2.05, 4.69) is 10.3 Å². The lowest BCUT2D eigenvalue weighted by atomic mass is 9.81. The number of aromatic nitrogens is 1. The summed E-state index contributed by atoms with van der Waals surface area (Å²) in [5, 5.41) is 3.34. The van der Waals surface area contributed by atoms with Crippen molar-refractivity contribution >= 4 is 34.2 Å². The highest BCUT2D eigenvalue weighted by Crippen LogP contribution is 2.38. The van der Waals surface area contributed by atoms with Crippen LogP contribution < -0.4 is 5.32 Å². The van der Waals surface area contributed by atoms with E-state index < -0.39 is 0 Å². The van der Waals surface area contributed by atoms with Gasteiger partial charge in [0.15, 0.2) is 5.13 Å². The maximum atomic E-state index is 12.5. The molecule has 1 aromatic carbocycles. The Bertz CT molecular complexity index is 885. The number of imide groups is 1. The van der Waals surface area contributed by atoms with E-state index in [4.69, 9.17) is 0 Å². The fraction of sp³-hybridized carbons (Fsp3) is 0.429. The highest BCUT2D eigenvalue weighted by atomic mass is 32.1. The van der Waals surface area contributed by atoms with Crippen LogP contribution >= 0.6 is 11.3 Å². The van der Waals surface area contributed by atoms with Crippen LogP contribution in [0.2, 0.25) is 0 Å². The van der Waals surface area contributed by atoms with Crippen molar-refractivity contribution in [2.24, 2.45) is 11.8 Å². The van der Waals surface area contributed by atoms with Crippen LogP contribution in [-0.2, 0) is 14.4 Å². The fourth-order valence-corrected chi connectivity index (χ4v) is 5.01. The molecule has 4 rings (SSSR count). The molecule has 6 nitrogen and oxygen atoms in total. The molecule has 2 aromatic rings. The largest absolute Gasteiger partial charge is 0.302 e. The molecule has 28 heavy (non-hydrogen) atoms. The van der Waals surface area contributed by atoms with Gasteiger partial charge in [-0.2, -0.15) is 0 Å².